The first kappa shape index (κ1) is 17.2. The Morgan fingerprint density at radius 3 is 2.15 bits per heavy atom. The van der Waals surface area contributed by atoms with Crippen molar-refractivity contribution >= 4 is 11.6 Å². The molecule has 0 amide bonds. The minimum Gasteiger partial charge on any atom is -0.490 e. The van der Waals surface area contributed by atoms with Crippen LogP contribution >= 0.6 is 11.6 Å². The van der Waals surface area contributed by atoms with Crippen molar-refractivity contribution in [2.45, 2.75) is 52.4 Å². The van der Waals surface area contributed by atoms with Gasteiger partial charge in [-0.05, 0) is 42.4 Å². The highest BCUT2D eigenvalue weighted by molar-refractivity contribution is 6.17. The molecule has 0 radical (unpaired) electrons. The van der Waals surface area contributed by atoms with Gasteiger partial charge in [0.1, 0.15) is 0 Å². The zero-order chi connectivity index (χ0) is 15.0. The van der Waals surface area contributed by atoms with Crippen LogP contribution in [0, 0.1) is 0 Å². The Kier molecular flexibility index (Phi) is 7.22. The highest BCUT2D eigenvalue weighted by Crippen LogP contribution is 2.35. The van der Waals surface area contributed by atoms with Crippen LogP contribution in [0.4, 0.5) is 0 Å². The Morgan fingerprint density at radius 1 is 1.00 bits per heavy atom. The van der Waals surface area contributed by atoms with E-state index >= 15 is 0 Å². The third-order valence-corrected chi connectivity index (χ3v) is 3.56. The smallest absolute Gasteiger partial charge is 0.161 e. The maximum Gasteiger partial charge on any atom is 0.161 e. The molecule has 0 aromatic heterocycles. The first-order valence-corrected chi connectivity index (χ1v) is 8.04. The standard InChI is InChI=1S/C17H27ClO2/c1-5-11-19-15-8-7-14(17(3,4)9-10-18)13-16(15)20-12-6-2/h7-8,13H,5-6,9-12H2,1-4H3. The maximum absolute atomic E-state index is 5.90. The minimum atomic E-state index is 0.0510. The molecule has 0 bridgehead atoms. The minimum absolute atomic E-state index is 0.0510. The Bertz CT molecular complexity index is 402. The van der Waals surface area contributed by atoms with Gasteiger partial charge in [0.05, 0.1) is 13.2 Å². The lowest BCUT2D eigenvalue weighted by Gasteiger charge is -2.25. The number of halogens is 1. The van der Waals surface area contributed by atoms with Crippen molar-refractivity contribution in [2.75, 3.05) is 19.1 Å². The van der Waals surface area contributed by atoms with Gasteiger partial charge < -0.3 is 9.47 Å². The Labute approximate surface area is 128 Å². The molecule has 1 aromatic rings. The molecule has 20 heavy (non-hydrogen) atoms. The summed E-state index contributed by atoms with van der Waals surface area (Å²) in [5, 5.41) is 0. The van der Waals surface area contributed by atoms with Crippen molar-refractivity contribution in [1.82, 2.24) is 0 Å². The molecule has 0 atom stereocenters. The van der Waals surface area contributed by atoms with E-state index in [0.717, 1.165) is 30.8 Å². The van der Waals surface area contributed by atoms with Crippen molar-refractivity contribution < 1.29 is 9.47 Å². The lowest BCUT2D eigenvalue weighted by molar-refractivity contribution is 0.267. The van der Waals surface area contributed by atoms with Gasteiger partial charge in [0.15, 0.2) is 11.5 Å². The third kappa shape index (κ3) is 4.90. The fraction of sp³-hybridized carbons (Fsp3) is 0.647. The Morgan fingerprint density at radius 2 is 1.60 bits per heavy atom. The van der Waals surface area contributed by atoms with Crippen LogP contribution in [0.1, 0.15) is 52.5 Å². The van der Waals surface area contributed by atoms with Gasteiger partial charge in [-0.3, -0.25) is 0 Å². The lowest BCUT2D eigenvalue weighted by atomic mass is 9.82. The van der Waals surface area contributed by atoms with Crippen LogP contribution in [0.5, 0.6) is 11.5 Å². The second-order valence-corrected chi connectivity index (χ2v) is 6.06. The fourth-order valence-electron chi connectivity index (χ4n) is 1.97. The van der Waals surface area contributed by atoms with Crippen LogP contribution in [-0.2, 0) is 5.41 Å². The monoisotopic (exact) mass is 298 g/mol. The molecule has 0 aliphatic heterocycles. The Balaban J connectivity index is 2.99. The van der Waals surface area contributed by atoms with E-state index in [9.17, 15) is 0 Å². The molecule has 2 nitrogen and oxygen atoms in total. The molecule has 0 aliphatic rings. The maximum atomic E-state index is 5.90. The van der Waals surface area contributed by atoms with Crippen LogP contribution in [0.15, 0.2) is 18.2 Å². The number of alkyl halides is 1. The van der Waals surface area contributed by atoms with Gasteiger partial charge >= 0.3 is 0 Å². The number of hydrogen-bond donors (Lipinski definition) is 0. The summed E-state index contributed by atoms with van der Waals surface area (Å²) >= 11 is 5.90. The van der Waals surface area contributed by atoms with Gasteiger partial charge in [-0.1, -0.05) is 33.8 Å². The molecule has 0 spiro atoms. The molecular formula is C17H27ClO2. The van der Waals surface area contributed by atoms with E-state index in [1.807, 2.05) is 6.07 Å². The predicted molar refractivity (Wildman–Crippen MR) is 86.4 cm³/mol. The van der Waals surface area contributed by atoms with E-state index in [0.29, 0.717) is 19.1 Å². The molecule has 0 saturated heterocycles. The summed E-state index contributed by atoms with van der Waals surface area (Å²) in [5.41, 5.74) is 1.29. The van der Waals surface area contributed by atoms with Gasteiger partial charge in [-0.25, -0.2) is 0 Å². The Hall–Kier alpha value is -0.890. The summed E-state index contributed by atoms with van der Waals surface area (Å²) in [6, 6.07) is 6.25. The van der Waals surface area contributed by atoms with Crippen LogP contribution in [-0.4, -0.2) is 19.1 Å². The van der Waals surface area contributed by atoms with Crippen LogP contribution in [0.25, 0.3) is 0 Å². The highest BCUT2D eigenvalue weighted by Gasteiger charge is 2.21. The molecule has 0 heterocycles. The highest BCUT2D eigenvalue weighted by atomic mass is 35.5. The number of hydrogen-bond acceptors (Lipinski definition) is 2. The summed E-state index contributed by atoms with van der Waals surface area (Å²) in [4.78, 5) is 0. The molecule has 0 fully saturated rings. The van der Waals surface area contributed by atoms with Crippen molar-refractivity contribution in [3.63, 3.8) is 0 Å². The van der Waals surface area contributed by atoms with E-state index in [1.165, 1.54) is 5.56 Å². The number of benzene rings is 1. The van der Waals surface area contributed by atoms with Crippen LogP contribution < -0.4 is 9.47 Å². The summed E-state index contributed by atoms with van der Waals surface area (Å²) in [5.74, 6) is 2.35. The molecule has 0 aliphatic carbocycles. The summed E-state index contributed by atoms with van der Waals surface area (Å²) in [6.07, 6.45) is 2.92. The average Bonchev–Trinajstić information content (AvgIpc) is 2.43. The molecule has 0 N–H and O–H groups in total. The van der Waals surface area contributed by atoms with E-state index in [1.54, 1.807) is 0 Å². The van der Waals surface area contributed by atoms with Crippen molar-refractivity contribution in [3.05, 3.63) is 23.8 Å². The quantitative estimate of drug-likeness (QED) is 0.585. The largest absolute Gasteiger partial charge is 0.490 e. The summed E-state index contributed by atoms with van der Waals surface area (Å²) in [6.45, 7) is 10.1. The molecule has 0 saturated carbocycles. The van der Waals surface area contributed by atoms with Gasteiger partial charge in [-0.15, -0.1) is 11.6 Å². The molecule has 1 rings (SSSR count). The SMILES string of the molecule is CCCOc1ccc(C(C)(C)CCCl)cc1OCCC. The van der Waals surface area contributed by atoms with Gasteiger partial charge in [0, 0.05) is 5.88 Å². The normalized spacial score (nSPS) is 11.4. The number of rotatable bonds is 9. The predicted octanol–water partition coefficient (Wildman–Crippen LogP) is 5.17. The van der Waals surface area contributed by atoms with E-state index in [2.05, 4.69) is 39.8 Å². The molecule has 0 unspecified atom stereocenters. The first-order chi connectivity index (χ1) is 9.55. The topological polar surface area (TPSA) is 18.5 Å². The van der Waals surface area contributed by atoms with Gasteiger partial charge in [0.2, 0.25) is 0 Å². The summed E-state index contributed by atoms with van der Waals surface area (Å²) in [7, 11) is 0. The molecule has 1 aromatic carbocycles. The van der Waals surface area contributed by atoms with Crippen LogP contribution in [0.3, 0.4) is 0 Å². The van der Waals surface area contributed by atoms with Gasteiger partial charge in [0.25, 0.3) is 0 Å². The average molecular weight is 299 g/mol. The zero-order valence-electron chi connectivity index (χ0n) is 13.2. The van der Waals surface area contributed by atoms with E-state index < -0.39 is 0 Å². The lowest BCUT2D eigenvalue weighted by Crippen LogP contribution is -2.18. The van der Waals surface area contributed by atoms with Gasteiger partial charge in [-0.2, -0.15) is 0 Å². The second-order valence-electron chi connectivity index (χ2n) is 5.68. The second kappa shape index (κ2) is 8.41. The van der Waals surface area contributed by atoms with Crippen molar-refractivity contribution in [3.8, 4) is 11.5 Å². The third-order valence-electron chi connectivity index (χ3n) is 3.37. The van der Waals surface area contributed by atoms with E-state index in [4.69, 9.17) is 21.1 Å². The van der Waals surface area contributed by atoms with Crippen molar-refractivity contribution in [1.29, 1.82) is 0 Å². The van der Waals surface area contributed by atoms with Crippen molar-refractivity contribution in [2.24, 2.45) is 0 Å². The molecule has 3 heteroatoms. The van der Waals surface area contributed by atoms with Crippen LogP contribution in [0.2, 0.25) is 0 Å². The fourth-order valence-corrected chi connectivity index (χ4v) is 2.44. The zero-order valence-corrected chi connectivity index (χ0v) is 13.9. The molecule has 114 valence electrons. The number of ether oxygens (including phenoxy) is 2. The van der Waals surface area contributed by atoms with E-state index in [-0.39, 0.29) is 5.41 Å². The summed E-state index contributed by atoms with van der Waals surface area (Å²) < 4.78 is 11.6. The first-order valence-electron chi connectivity index (χ1n) is 7.51. The molecular weight excluding hydrogens is 272 g/mol.